The van der Waals surface area contributed by atoms with Crippen LogP contribution in [-0.2, 0) is 4.79 Å². The number of amides is 1. The first-order valence-electron chi connectivity index (χ1n) is 5.26. The van der Waals surface area contributed by atoms with Gasteiger partial charge in [0, 0.05) is 12.1 Å². The van der Waals surface area contributed by atoms with Gasteiger partial charge in [-0.3, -0.25) is 14.9 Å². The number of rotatable bonds is 5. The van der Waals surface area contributed by atoms with Crippen molar-refractivity contribution in [2.24, 2.45) is 0 Å². The fourth-order valence-corrected chi connectivity index (χ4v) is 1.58. The van der Waals surface area contributed by atoms with E-state index in [4.69, 9.17) is 4.74 Å². The molecule has 0 saturated heterocycles. The van der Waals surface area contributed by atoms with Crippen LogP contribution in [0.4, 0.5) is 5.69 Å². The summed E-state index contributed by atoms with van der Waals surface area (Å²) >= 11 is 3.20. The number of hydrogen-bond acceptors (Lipinski definition) is 4. The molecule has 1 rings (SSSR count). The van der Waals surface area contributed by atoms with Gasteiger partial charge in [0.25, 0.3) is 11.6 Å². The number of nitrogens with zero attached hydrogens (tertiary/aromatic N) is 1. The molecule has 7 heteroatoms. The molecule has 0 aromatic heterocycles. The topological polar surface area (TPSA) is 81.5 Å². The first-order valence-corrected chi connectivity index (χ1v) is 6.05. The van der Waals surface area contributed by atoms with E-state index < -0.39 is 4.92 Å². The van der Waals surface area contributed by atoms with E-state index in [0.717, 1.165) is 0 Å². The molecule has 1 N–H and O–H groups in total. The van der Waals surface area contributed by atoms with Gasteiger partial charge in [-0.1, -0.05) is 0 Å². The summed E-state index contributed by atoms with van der Waals surface area (Å²) in [6.45, 7) is 3.49. The van der Waals surface area contributed by atoms with Gasteiger partial charge in [0.2, 0.25) is 0 Å². The lowest BCUT2D eigenvalue weighted by molar-refractivity contribution is -0.385. The van der Waals surface area contributed by atoms with Crippen LogP contribution < -0.4 is 10.1 Å². The Bertz CT molecular complexity index is 462. The van der Waals surface area contributed by atoms with Gasteiger partial charge in [-0.2, -0.15) is 0 Å². The molecule has 18 heavy (non-hydrogen) atoms. The van der Waals surface area contributed by atoms with Gasteiger partial charge in [0.1, 0.15) is 5.75 Å². The zero-order chi connectivity index (χ0) is 13.7. The van der Waals surface area contributed by atoms with E-state index >= 15 is 0 Å². The molecule has 0 spiro atoms. The third kappa shape index (κ3) is 4.33. The first-order chi connectivity index (χ1) is 8.40. The van der Waals surface area contributed by atoms with Crippen molar-refractivity contribution >= 4 is 27.5 Å². The minimum Gasteiger partial charge on any atom is -0.482 e. The average Bonchev–Trinajstić information content (AvgIpc) is 2.26. The first kappa shape index (κ1) is 14.4. The Hall–Kier alpha value is -1.63. The molecular formula is C11H13BrN2O4. The molecule has 0 atom stereocenters. The number of nitro benzene ring substituents is 1. The zero-order valence-electron chi connectivity index (χ0n) is 9.97. The van der Waals surface area contributed by atoms with Gasteiger partial charge < -0.3 is 10.1 Å². The molecule has 0 saturated carbocycles. The molecule has 0 unspecified atom stereocenters. The van der Waals surface area contributed by atoms with Crippen LogP contribution in [0.25, 0.3) is 0 Å². The monoisotopic (exact) mass is 316 g/mol. The van der Waals surface area contributed by atoms with Crippen LogP contribution in [0.5, 0.6) is 5.75 Å². The molecule has 1 aromatic carbocycles. The maximum atomic E-state index is 11.4. The Balaban J connectivity index is 2.69. The van der Waals surface area contributed by atoms with Crippen molar-refractivity contribution < 1.29 is 14.5 Å². The minimum absolute atomic E-state index is 0.0228. The third-order valence-corrected chi connectivity index (χ3v) is 2.59. The van der Waals surface area contributed by atoms with E-state index in [1.165, 1.54) is 18.2 Å². The smallest absolute Gasteiger partial charge is 0.273 e. The number of nitro groups is 1. The van der Waals surface area contributed by atoms with Gasteiger partial charge in [0.15, 0.2) is 6.61 Å². The number of benzene rings is 1. The van der Waals surface area contributed by atoms with Crippen molar-refractivity contribution in [3.05, 3.63) is 32.8 Å². The summed E-state index contributed by atoms with van der Waals surface area (Å²) in [5, 5.41) is 13.3. The molecule has 98 valence electrons. The van der Waals surface area contributed by atoms with Crippen LogP contribution in [0.1, 0.15) is 13.8 Å². The summed E-state index contributed by atoms with van der Waals surface area (Å²) in [7, 11) is 0. The fourth-order valence-electron chi connectivity index (χ4n) is 1.22. The molecule has 0 fully saturated rings. The highest BCUT2D eigenvalue weighted by molar-refractivity contribution is 9.10. The van der Waals surface area contributed by atoms with Crippen molar-refractivity contribution in [1.82, 2.24) is 5.32 Å². The van der Waals surface area contributed by atoms with E-state index in [1.54, 1.807) is 0 Å². The van der Waals surface area contributed by atoms with Crippen LogP contribution in [0.2, 0.25) is 0 Å². The molecule has 0 aliphatic carbocycles. The molecule has 1 amide bonds. The Labute approximate surface area is 113 Å². The van der Waals surface area contributed by atoms with Gasteiger partial charge in [-0.15, -0.1) is 0 Å². The molecule has 0 heterocycles. The van der Waals surface area contributed by atoms with Gasteiger partial charge in [-0.25, -0.2) is 0 Å². The number of carbonyl (C=O) groups is 1. The quantitative estimate of drug-likeness (QED) is 0.667. The number of non-ortho nitro benzene ring substituents is 1. The summed E-state index contributed by atoms with van der Waals surface area (Å²) in [5.74, 6) is -0.00786. The summed E-state index contributed by atoms with van der Waals surface area (Å²) in [6.07, 6.45) is 0. The zero-order valence-corrected chi connectivity index (χ0v) is 11.6. The molecule has 1 aromatic rings. The third-order valence-electron chi connectivity index (χ3n) is 1.93. The second-order valence-electron chi connectivity index (χ2n) is 3.88. The fraction of sp³-hybridized carbons (Fsp3) is 0.364. The summed E-state index contributed by atoms with van der Waals surface area (Å²) < 4.78 is 5.79. The van der Waals surface area contributed by atoms with Crippen molar-refractivity contribution in [2.45, 2.75) is 19.9 Å². The average molecular weight is 317 g/mol. The van der Waals surface area contributed by atoms with E-state index in [-0.39, 0.29) is 30.0 Å². The summed E-state index contributed by atoms with van der Waals surface area (Å²) in [6, 6.07) is 4.15. The van der Waals surface area contributed by atoms with E-state index in [0.29, 0.717) is 4.47 Å². The Morgan fingerprint density at radius 3 is 2.78 bits per heavy atom. The van der Waals surface area contributed by atoms with Crippen LogP contribution in [0.15, 0.2) is 22.7 Å². The highest BCUT2D eigenvalue weighted by Gasteiger charge is 2.12. The lowest BCUT2D eigenvalue weighted by Crippen LogP contribution is -2.34. The van der Waals surface area contributed by atoms with Crippen molar-refractivity contribution in [3.8, 4) is 5.75 Å². The second kappa shape index (κ2) is 6.34. The van der Waals surface area contributed by atoms with Gasteiger partial charge in [-0.05, 0) is 35.8 Å². The lowest BCUT2D eigenvalue weighted by Gasteiger charge is -2.10. The largest absolute Gasteiger partial charge is 0.482 e. The van der Waals surface area contributed by atoms with Crippen molar-refractivity contribution in [2.75, 3.05) is 6.61 Å². The minimum atomic E-state index is -0.520. The van der Waals surface area contributed by atoms with Crippen LogP contribution >= 0.6 is 15.9 Å². The van der Waals surface area contributed by atoms with Crippen molar-refractivity contribution in [3.63, 3.8) is 0 Å². The standard InChI is InChI=1S/C11H13BrN2O4/c1-7(2)13-11(15)6-18-10-5-8(14(16)17)3-4-9(10)12/h3-5,7H,6H2,1-2H3,(H,13,15). The molecule has 0 radical (unpaired) electrons. The number of carbonyl (C=O) groups excluding carboxylic acids is 1. The highest BCUT2D eigenvalue weighted by Crippen LogP contribution is 2.29. The van der Waals surface area contributed by atoms with Crippen molar-refractivity contribution in [1.29, 1.82) is 0 Å². The summed E-state index contributed by atoms with van der Waals surface area (Å²) in [5.41, 5.74) is -0.0857. The van der Waals surface area contributed by atoms with Crippen LogP contribution in [0.3, 0.4) is 0 Å². The van der Waals surface area contributed by atoms with E-state index in [9.17, 15) is 14.9 Å². The molecule has 0 aliphatic heterocycles. The molecular weight excluding hydrogens is 304 g/mol. The number of halogens is 1. The normalized spacial score (nSPS) is 10.2. The van der Waals surface area contributed by atoms with Gasteiger partial charge in [0.05, 0.1) is 15.5 Å². The maximum Gasteiger partial charge on any atom is 0.273 e. The predicted molar refractivity (Wildman–Crippen MR) is 69.6 cm³/mol. The maximum absolute atomic E-state index is 11.4. The van der Waals surface area contributed by atoms with E-state index in [1.807, 2.05) is 13.8 Å². The Morgan fingerprint density at radius 2 is 2.22 bits per heavy atom. The molecule has 0 aliphatic rings. The Kier molecular flexibility index (Phi) is 5.08. The van der Waals surface area contributed by atoms with Crippen LogP contribution in [0, 0.1) is 10.1 Å². The Morgan fingerprint density at radius 1 is 1.56 bits per heavy atom. The second-order valence-corrected chi connectivity index (χ2v) is 4.74. The number of ether oxygens (including phenoxy) is 1. The number of nitrogens with one attached hydrogen (secondary N) is 1. The number of hydrogen-bond donors (Lipinski definition) is 1. The summed E-state index contributed by atoms with van der Waals surface area (Å²) in [4.78, 5) is 21.5. The highest BCUT2D eigenvalue weighted by atomic mass is 79.9. The predicted octanol–water partition coefficient (Wildman–Crippen LogP) is 2.26. The molecule has 0 bridgehead atoms. The van der Waals surface area contributed by atoms with Crippen LogP contribution in [-0.4, -0.2) is 23.5 Å². The SMILES string of the molecule is CC(C)NC(=O)COc1cc([N+](=O)[O-])ccc1Br. The lowest BCUT2D eigenvalue weighted by atomic mass is 10.3. The molecule has 6 nitrogen and oxygen atoms in total. The van der Waals surface area contributed by atoms with Gasteiger partial charge >= 0.3 is 0 Å². The van der Waals surface area contributed by atoms with E-state index in [2.05, 4.69) is 21.2 Å².